The van der Waals surface area contributed by atoms with Crippen LogP contribution in [0.25, 0.3) is 10.9 Å². The molecule has 0 radical (unpaired) electrons. The number of hydrogen-bond donors (Lipinski definition) is 2. The summed E-state index contributed by atoms with van der Waals surface area (Å²) in [6.07, 6.45) is 2.78. The molecule has 26 heavy (non-hydrogen) atoms. The van der Waals surface area contributed by atoms with E-state index in [1.54, 1.807) is 10.8 Å². The number of aromatic nitrogens is 1. The van der Waals surface area contributed by atoms with Crippen molar-refractivity contribution < 1.29 is 19.8 Å². The number of carboxylic acid groups (broad SMARTS) is 2. The molecule has 140 valence electrons. The van der Waals surface area contributed by atoms with E-state index in [9.17, 15) is 19.8 Å². The fourth-order valence-corrected chi connectivity index (χ4v) is 4.54. The second-order valence-electron chi connectivity index (χ2n) is 7.41. The van der Waals surface area contributed by atoms with Gasteiger partial charge in [-0.25, -0.2) is 0 Å². The largest absolute Gasteiger partial charge is 0.480 e. The SMILES string of the molecule is C[C@@H]1C[C@H](C)CN([C@H](C(=O)O)c2cn(CC(=O)O)c3cc(Br)ccc23)C1. The Morgan fingerprint density at radius 3 is 2.46 bits per heavy atom. The van der Waals surface area contributed by atoms with Gasteiger partial charge in [-0.3, -0.25) is 14.5 Å². The Labute approximate surface area is 160 Å². The van der Waals surface area contributed by atoms with Crippen molar-refractivity contribution >= 4 is 38.8 Å². The molecular formula is C19H23BrN2O4. The number of rotatable bonds is 5. The topological polar surface area (TPSA) is 82.8 Å². The first-order valence-electron chi connectivity index (χ1n) is 8.73. The van der Waals surface area contributed by atoms with E-state index in [4.69, 9.17) is 0 Å². The molecule has 1 aliphatic heterocycles. The van der Waals surface area contributed by atoms with Crippen LogP contribution in [0.1, 0.15) is 31.9 Å². The van der Waals surface area contributed by atoms with E-state index in [1.165, 1.54) is 0 Å². The average Bonchev–Trinajstić information content (AvgIpc) is 2.83. The number of halogens is 1. The smallest absolute Gasteiger partial charge is 0.325 e. The number of hydrogen-bond acceptors (Lipinski definition) is 3. The minimum absolute atomic E-state index is 0.202. The van der Waals surface area contributed by atoms with Gasteiger partial charge in [0.2, 0.25) is 0 Å². The quantitative estimate of drug-likeness (QED) is 0.768. The number of benzene rings is 1. The van der Waals surface area contributed by atoms with E-state index in [0.717, 1.165) is 34.9 Å². The minimum atomic E-state index is -0.958. The van der Waals surface area contributed by atoms with Gasteiger partial charge in [0.05, 0.1) is 5.52 Å². The molecule has 1 fully saturated rings. The van der Waals surface area contributed by atoms with Gasteiger partial charge in [0.25, 0.3) is 0 Å². The highest BCUT2D eigenvalue weighted by Gasteiger charge is 2.34. The van der Waals surface area contributed by atoms with Gasteiger partial charge in [0, 0.05) is 34.7 Å². The van der Waals surface area contributed by atoms with Gasteiger partial charge in [0.15, 0.2) is 0 Å². The van der Waals surface area contributed by atoms with E-state index < -0.39 is 18.0 Å². The Kier molecular flexibility index (Phi) is 5.39. The number of piperidine rings is 1. The van der Waals surface area contributed by atoms with Gasteiger partial charge in [-0.15, -0.1) is 0 Å². The van der Waals surface area contributed by atoms with Crippen molar-refractivity contribution in [2.24, 2.45) is 11.8 Å². The fourth-order valence-electron chi connectivity index (χ4n) is 4.20. The first-order valence-corrected chi connectivity index (χ1v) is 9.52. The molecular weight excluding hydrogens is 400 g/mol. The standard InChI is InChI=1S/C19H23BrN2O4/c1-11-5-12(2)8-22(7-11)18(19(25)26)15-9-21(10-17(23)24)16-6-13(20)3-4-14(15)16/h3-4,6,9,11-12,18H,5,7-8,10H2,1-2H3,(H,23,24)(H,25,26)/t11-,12+,18-/m0/s1. The van der Waals surface area contributed by atoms with E-state index >= 15 is 0 Å². The van der Waals surface area contributed by atoms with Crippen molar-refractivity contribution in [2.45, 2.75) is 32.9 Å². The molecule has 1 aromatic carbocycles. The maximum absolute atomic E-state index is 12.2. The third kappa shape index (κ3) is 3.78. The Morgan fingerprint density at radius 2 is 1.88 bits per heavy atom. The van der Waals surface area contributed by atoms with Crippen molar-refractivity contribution in [3.63, 3.8) is 0 Å². The summed E-state index contributed by atoms with van der Waals surface area (Å²) in [6.45, 7) is 5.54. The molecule has 7 heteroatoms. The Morgan fingerprint density at radius 1 is 1.23 bits per heavy atom. The number of fused-ring (bicyclic) bond motifs is 1. The summed E-state index contributed by atoms with van der Waals surface area (Å²) < 4.78 is 2.44. The van der Waals surface area contributed by atoms with E-state index in [0.29, 0.717) is 17.4 Å². The van der Waals surface area contributed by atoms with Gasteiger partial charge in [-0.2, -0.15) is 0 Å². The lowest BCUT2D eigenvalue weighted by Gasteiger charge is -2.38. The maximum Gasteiger partial charge on any atom is 0.325 e. The molecule has 1 aromatic heterocycles. The van der Waals surface area contributed by atoms with Crippen LogP contribution in [0.5, 0.6) is 0 Å². The summed E-state index contributed by atoms with van der Waals surface area (Å²) in [7, 11) is 0. The van der Waals surface area contributed by atoms with Crippen molar-refractivity contribution in [3.05, 3.63) is 34.4 Å². The van der Waals surface area contributed by atoms with Crippen molar-refractivity contribution in [2.75, 3.05) is 13.1 Å². The lowest BCUT2D eigenvalue weighted by atomic mass is 9.89. The monoisotopic (exact) mass is 422 g/mol. The first-order chi connectivity index (χ1) is 12.3. The summed E-state index contributed by atoms with van der Waals surface area (Å²) in [4.78, 5) is 25.4. The molecule has 1 aliphatic rings. The van der Waals surface area contributed by atoms with E-state index in [2.05, 4.69) is 29.8 Å². The van der Waals surface area contributed by atoms with Crippen LogP contribution in [0.15, 0.2) is 28.9 Å². The third-order valence-electron chi connectivity index (χ3n) is 4.97. The van der Waals surface area contributed by atoms with Crippen LogP contribution in [-0.2, 0) is 16.1 Å². The highest BCUT2D eigenvalue weighted by molar-refractivity contribution is 9.10. The number of nitrogens with zero attached hydrogens (tertiary/aromatic N) is 2. The molecule has 0 aliphatic carbocycles. The minimum Gasteiger partial charge on any atom is -0.480 e. The average molecular weight is 423 g/mol. The van der Waals surface area contributed by atoms with Crippen LogP contribution >= 0.6 is 15.9 Å². The first kappa shape index (κ1) is 18.9. The van der Waals surface area contributed by atoms with Crippen molar-refractivity contribution in [1.29, 1.82) is 0 Å². The van der Waals surface area contributed by atoms with Gasteiger partial charge in [-0.05, 0) is 30.4 Å². The zero-order valence-electron chi connectivity index (χ0n) is 14.9. The van der Waals surface area contributed by atoms with Gasteiger partial charge in [-0.1, -0.05) is 35.8 Å². The lowest BCUT2D eigenvalue weighted by molar-refractivity contribution is -0.144. The van der Waals surface area contributed by atoms with Gasteiger partial charge < -0.3 is 14.8 Å². The molecule has 0 saturated carbocycles. The molecule has 6 nitrogen and oxygen atoms in total. The molecule has 3 rings (SSSR count). The van der Waals surface area contributed by atoms with E-state index in [1.807, 2.05) is 23.1 Å². The number of likely N-dealkylation sites (tertiary alicyclic amines) is 1. The van der Waals surface area contributed by atoms with Gasteiger partial charge in [0.1, 0.15) is 12.6 Å². The lowest BCUT2D eigenvalue weighted by Crippen LogP contribution is -2.43. The normalized spacial score (nSPS) is 22.4. The van der Waals surface area contributed by atoms with E-state index in [-0.39, 0.29) is 6.54 Å². The molecule has 0 amide bonds. The van der Waals surface area contributed by atoms with Crippen LogP contribution in [0, 0.1) is 11.8 Å². The number of aliphatic carboxylic acids is 2. The Hall–Kier alpha value is -1.86. The zero-order chi connectivity index (χ0) is 19.0. The number of carbonyl (C=O) groups is 2. The van der Waals surface area contributed by atoms with Crippen LogP contribution in [-0.4, -0.2) is 44.7 Å². The Bertz CT molecular complexity index is 837. The highest BCUT2D eigenvalue weighted by atomic mass is 79.9. The third-order valence-corrected chi connectivity index (χ3v) is 5.46. The summed E-state index contributed by atoms with van der Waals surface area (Å²) in [5.41, 5.74) is 1.38. The van der Waals surface area contributed by atoms with Crippen LogP contribution in [0.2, 0.25) is 0 Å². The van der Waals surface area contributed by atoms with Crippen LogP contribution in [0.3, 0.4) is 0 Å². The van der Waals surface area contributed by atoms with Crippen LogP contribution < -0.4 is 0 Å². The second-order valence-corrected chi connectivity index (χ2v) is 8.32. The maximum atomic E-state index is 12.2. The Balaban J connectivity index is 2.11. The predicted molar refractivity (Wildman–Crippen MR) is 102 cm³/mol. The molecule has 0 spiro atoms. The van der Waals surface area contributed by atoms with Gasteiger partial charge >= 0.3 is 11.9 Å². The molecule has 2 heterocycles. The van der Waals surface area contributed by atoms with Crippen molar-refractivity contribution in [1.82, 2.24) is 9.47 Å². The molecule has 0 bridgehead atoms. The second kappa shape index (κ2) is 7.40. The fraction of sp³-hybridized carbons (Fsp3) is 0.474. The highest BCUT2D eigenvalue weighted by Crippen LogP contribution is 2.35. The molecule has 1 saturated heterocycles. The summed E-state index contributed by atoms with van der Waals surface area (Å²) in [5.74, 6) is -0.992. The summed E-state index contributed by atoms with van der Waals surface area (Å²) in [5, 5.41) is 20.0. The van der Waals surface area contributed by atoms with Crippen molar-refractivity contribution in [3.8, 4) is 0 Å². The molecule has 2 N–H and O–H groups in total. The summed E-state index contributed by atoms with van der Waals surface area (Å²) >= 11 is 3.41. The molecule has 2 aromatic rings. The summed E-state index contributed by atoms with van der Waals surface area (Å²) in [6, 6.07) is 4.78. The van der Waals surface area contributed by atoms with Crippen LogP contribution in [0.4, 0.5) is 0 Å². The zero-order valence-corrected chi connectivity index (χ0v) is 16.4. The molecule has 3 atom stereocenters. The predicted octanol–water partition coefficient (Wildman–Crippen LogP) is 3.59. The molecule has 0 unspecified atom stereocenters. The number of carboxylic acids is 2.